The van der Waals surface area contributed by atoms with Crippen molar-refractivity contribution in [1.29, 1.82) is 5.26 Å². The summed E-state index contributed by atoms with van der Waals surface area (Å²) in [5.74, 6) is -1.07. The van der Waals surface area contributed by atoms with E-state index in [1.165, 1.54) is 11.8 Å². The summed E-state index contributed by atoms with van der Waals surface area (Å²) in [5, 5.41) is 17.4. The molecule has 3 aromatic carbocycles. The molecule has 2 N–H and O–H groups in total. The first-order chi connectivity index (χ1) is 19.5. The Morgan fingerprint density at radius 2 is 1.70 bits per heavy atom. The van der Waals surface area contributed by atoms with Crippen LogP contribution in [0.25, 0.3) is 5.70 Å². The largest absolute Gasteiger partial charge is 0.492 e. The Morgan fingerprint density at radius 3 is 2.40 bits per heavy atom. The maximum atomic E-state index is 13.4. The van der Waals surface area contributed by atoms with Crippen LogP contribution < -0.4 is 15.4 Å². The number of nitriles is 1. The number of hydrogen-bond donors (Lipinski definition) is 2. The smallest absolute Gasteiger partial charge is 0.337 e. The lowest BCUT2D eigenvalue weighted by Gasteiger charge is -2.31. The zero-order valence-electron chi connectivity index (χ0n) is 22.1. The summed E-state index contributed by atoms with van der Waals surface area (Å²) in [5.41, 5.74) is 2.91. The molecule has 0 bridgehead atoms. The zero-order valence-corrected chi connectivity index (χ0v) is 23.6. The molecule has 1 aliphatic rings. The maximum absolute atomic E-state index is 13.4. The molecule has 0 fully saturated rings. The van der Waals surface area contributed by atoms with Crippen molar-refractivity contribution >= 4 is 46.6 Å². The molecule has 0 saturated heterocycles. The van der Waals surface area contributed by atoms with Crippen LogP contribution in [0.15, 0.2) is 95.0 Å². The number of allylic oxidation sites excluding steroid dienone is 1. The molecule has 0 aromatic heterocycles. The van der Waals surface area contributed by atoms with E-state index in [0.717, 1.165) is 5.56 Å². The lowest BCUT2D eigenvalue weighted by molar-refractivity contribution is -0.138. The molecule has 0 spiro atoms. The Kier molecular flexibility index (Phi) is 9.90. The van der Waals surface area contributed by atoms with Crippen LogP contribution in [0.5, 0.6) is 5.75 Å². The van der Waals surface area contributed by atoms with Crippen LogP contribution in [0.1, 0.15) is 30.9 Å². The normalized spacial score (nSPS) is 14.7. The van der Waals surface area contributed by atoms with Crippen molar-refractivity contribution < 1.29 is 19.1 Å². The second-order valence-corrected chi connectivity index (χ2v) is 9.97. The molecule has 1 aliphatic heterocycles. The van der Waals surface area contributed by atoms with Crippen molar-refractivity contribution in [2.45, 2.75) is 19.8 Å². The molecule has 204 valence electrons. The van der Waals surface area contributed by atoms with Gasteiger partial charge in [-0.1, -0.05) is 84.0 Å². The van der Waals surface area contributed by atoms with Gasteiger partial charge < -0.3 is 20.1 Å². The number of halogens is 1. The monoisotopic (exact) mass is 573 g/mol. The van der Waals surface area contributed by atoms with Crippen LogP contribution in [0.2, 0.25) is 5.02 Å². The number of carbonyl (C=O) groups excluding carboxylic acids is 2. The fourth-order valence-corrected chi connectivity index (χ4v) is 5.44. The molecule has 40 heavy (non-hydrogen) atoms. The van der Waals surface area contributed by atoms with Gasteiger partial charge in [0, 0.05) is 5.02 Å². The summed E-state index contributed by atoms with van der Waals surface area (Å²) in [6, 6.07) is 25.9. The molecule has 9 heteroatoms. The highest BCUT2D eigenvalue weighted by Gasteiger charge is 2.38. The van der Waals surface area contributed by atoms with E-state index in [9.17, 15) is 14.9 Å². The highest BCUT2D eigenvalue weighted by atomic mass is 35.5. The first kappa shape index (κ1) is 28.8. The number of benzene rings is 3. The minimum absolute atomic E-state index is 0.0000237. The van der Waals surface area contributed by atoms with Crippen LogP contribution >= 0.6 is 23.4 Å². The Hall–Kier alpha value is -4.19. The minimum atomic E-state index is -0.807. The van der Waals surface area contributed by atoms with Gasteiger partial charge in [-0.3, -0.25) is 4.79 Å². The van der Waals surface area contributed by atoms with Crippen molar-refractivity contribution in [3.8, 4) is 11.8 Å². The van der Waals surface area contributed by atoms with Gasteiger partial charge in [0.15, 0.2) is 0 Å². The van der Waals surface area contributed by atoms with Crippen molar-refractivity contribution in [1.82, 2.24) is 5.32 Å². The first-order valence-corrected chi connectivity index (χ1v) is 14.1. The van der Waals surface area contributed by atoms with E-state index in [1.54, 1.807) is 43.3 Å². The van der Waals surface area contributed by atoms with Gasteiger partial charge in [-0.05, 0) is 43.2 Å². The summed E-state index contributed by atoms with van der Waals surface area (Å²) in [6.45, 7) is 4.23. The molecule has 1 atom stereocenters. The van der Waals surface area contributed by atoms with Crippen molar-refractivity contribution in [2.24, 2.45) is 0 Å². The van der Waals surface area contributed by atoms with Gasteiger partial charge in [-0.2, -0.15) is 5.26 Å². The van der Waals surface area contributed by atoms with Gasteiger partial charge in [-0.15, -0.1) is 0 Å². The average molecular weight is 574 g/mol. The van der Waals surface area contributed by atoms with E-state index in [4.69, 9.17) is 21.1 Å². The van der Waals surface area contributed by atoms with Gasteiger partial charge in [-0.25, -0.2) is 4.79 Å². The highest BCUT2D eigenvalue weighted by Crippen LogP contribution is 2.45. The lowest BCUT2D eigenvalue weighted by Crippen LogP contribution is -2.30. The Bertz CT molecular complexity index is 1500. The number of dihydropyridines is 1. The molecule has 7 nitrogen and oxygen atoms in total. The number of ether oxygens (including phenoxy) is 2. The van der Waals surface area contributed by atoms with E-state index < -0.39 is 11.9 Å². The molecule has 0 aliphatic carbocycles. The van der Waals surface area contributed by atoms with Crippen LogP contribution in [-0.2, 0) is 14.3 Å². The van der Waals surface area contributed by atoms with E-state index >= 15 is 0 Å². The summed E-state index contributed by atoms with van der Waals surface area (Å²) in [7, 11) is 0. The Labute approximate surface area is 242 Å². The Morgan fingerprint density at radius 1 is 1.00 bits per heavy atom. The molecule has 1 amide bonds. The van der Waals surface area contributed by atoms with E-state index in [0.29, 0.717) is 39.4 Å². The molecular formula is C31H28ClN3O4S. The van der Waals surface area contributed by atoms with E-state index in [1.807, 2.05) is 49.4 Å². The van der Waals surface area contributed by atoms with Crippen molar-refractivity contribution in [3.05, 3.63) is 111 Å². The number of para-hydroxylation sites is 2. The number of nitrogens with one attached hydrogen (secondary N) is 2. The fraction of sp³-hybridized carbons (Fsp3) is 0.194. The van der Waals surface area contributed by atoms with Crippen molar-refractivity contribution in [2.75, 3.05) is 24.3 Å². The number of rotatable bonds is 10. The third-order valence-corrected chi connectivity index (χ3v) is 7.39. The van der Waals surface area contributed by atoms with E-state index in [-0.39, 0.29) is 29.4 Å². The minimum Gasteiger partial charge on any atom is -0.492 e. The number of esters is 1. The summed E-state index contributed by atoms with van der Waals surface area (Å²) >= 11 is 7.79. The fourth-order valence-electron chi connectivity index (χ4n) is 4.35. The number of hydrogen-bond acceptors (Lipinski definition) is 7. The standard InChI is InChI=1S/C31H28ClN3O4S/c1-3-38-25-17-11-10-16-24(25)34-26(36)19-40-30-22(18-33)27(21-14-8-9-15-23(21)32)28(31(37)39-4-2)29(35-30)20-12-6-5-7-13-20/h5-17,27,35H,3-4,19H2,1-2H3,(H,34,36). The molecule has 4 rings (SSSR count). The lowest BCUT2D eigenvalue weighted by atomic mass is 9.81. The van der Waals surface area contributed by atoms with Crippen LogP contribution in [0, 0.1) is 11.3 Å². The number of thioether (sulfide) groups is 1. The quantitative estimate of drug-likeness (QED) is 0.267. The first-order valence-electron chi connectivity index (χ1n) is 12.7. The molecule has 1 unspecified atom stereocenters. The van der Waals surface area contributed by atoms with Crippen LogP contribution in [0.3, 0.4) is 0 Å². The Balaban J connectivity index is 1.75. The summed E-state index contributed by atoms with van der Waals surface area (Å²) < 4.78 is 11.1. The number of nitrogens with zero attached hydrogens (tertiary/aromatic N) is 1. The molecule has 0 saturated carbocycles. The number of carbonyl (C=O) groups is 2. The van der Waals surface area contributed by atoms with E-state index in [2.05, 4.69) is 16.7 Å². The van der Waals surface area contributed by atoms with Crippen molar-refractivity contribution in [3.63, 3.8) is 0 Å². The van der Waals surface area contributed by atoms with Gasteiger partial charge >= 0.3 is 5.97 Å². The third-order valence-electron chi connectivity index (χ3n) is 6.03. The van der Waals surface area contributed by atoms with Crippen LogP contribution in [-0.4, -0.2) is 30.8 Å². The molecule has 0 radical (unpaired) electrons. The highest BCUT2D eigenvalue weighted by molar-refractivity contribution is 8.03. The second-order valence-electron chi connectivity index (χ2n) is 8.58. The molecule has 1 heterocycles. The van der Waals surface area contributed by atoms with Gasteiger partial charge in [0.1, 0.15) is 5.75 Å². The topological polar surface area (TPSA) is 100 Å². The van der Waals surface area contributed by atoms with Crippen LogP contribution in [0.4, 0.5) is 5.69 Å². The maximum Gasteiger partial charge on any atom is 0.337 e. The zero-order chi connectivity index (χ0) is 28.5. The molecular weight excluding hydrogens is 546 g/mol. The van der Waals surface area contributed by atoms with Gasteiger partial charge in [0.2, 0.25) is 5.91 Å². The number of amides is 1. The van der Waals surface area contributed by atoms with Gasteiger partial charge in [0.25, 0.3) is 0 Å². The summed E-state index contributed by atoms with van der Waals surface area (Å²) in [6.07, 6.45) is 0. The SMILES string of the molecule is CCOC(=O)C1=C(c2ccccc2)NC(SCC(=O)Nc2ccccc2OCC)=C(C#N)C1c1ccccc1Cl. The third kappa shape index (κ3) is 6.50. The van der Waals surface area contributed by atoms with Gasteiger partial charge in [0.05, 0.1) is 58.5 Å². The number of anilines is 1. The summed E-state index contributed by atoms with van der Waals surface area (Å²) in [4.78, 5) is 26.4. The molecule has 3 aromatic rings. The second kappa shape index (κ2) is 13.7. The predicted octanol–water partition coefficient (Wildman–Crippen LogP) is 6.51. The predicted molar refractivity (Wildman–Crippen MR) is 159 cm³/mol. The average Bonchev–Trinajstić information content (AvgIpc) is 2.97.